The first-order chi connectivity index (χ1) is 14.3. The van der Waals surface area contributed by atoms with Crippen LogP contribution in [-0.2, 0) is 6.54 Å². The minimum absolute atomic E-state index is 0.982. The molecule has 29 heavy (non-hydrogen) atoms. The summed E-state index contributed by atoms with van der Waals surface area (Å²) in [5, 5.41) is 0. The number of unbranched alkanes of at least 4 members (excludes halogenated alkanes) is 13. The normalized spacial score (nSPS) is 11.2. The number of hydrogen-bond acceptors (Lipinski definition) is 1. The lowest BCUT2D eigenvalue weighted by molar-refractivity contribution is 0.525. The van der Waals surface area contributed by atoms with Crippen LogP contribution < -0.4 is 0 Å². The van der Waals surface area contributed by atoms with E-state index in [-0.39, 0.29) is 0 Å². The zero-order chi connectivity index (χ0) is 20.7. The van der Waals surface area contributed by atoms with Crippen LogP contribution >= 0.6 is 0 Å². The summed E-state index contributed by atoms with van der Waals surface area (Å²) < 4.78 is 2.32. The number of hydrogen-bond donors (Lipinski definition) is 0. The van der Waals surface area contributed by atoms with E-state index in [4.69, 9.17) is 4.98 Å². The molecule has 0 aliphatic heterocycles. The lowest BCUT2D eigenvalue weighted by Gasteiger charge is -2.07. The Labute approximate surface area is 179 Å². The molecule has 0 saturated carbocycles. The Kier molecular flexibility index (Phi) is 11.5. The summed E-state index contributed by atoms with van der Waals surface area (Å²) in [5.74, 6) is 0.982. The molecule has 0 bridgehead atoms. The predicted octanol–water partition coefficient (Wildman–Crippen LogP) is 8.80. The number of nitrogens with zero attached hydrogens (tertiary/aromatic N) is 2. The van der Waals surface area contributed by atoms with Crippen LogP contribution in [0.1, 0.15) is 108 Å². The second-order valence-electron chi connectivity index (χ2n) is 8.37. The average Bonchev–Trinajstić information content (AvgIpc) is 3.10. The molecule has 0 atom stereocenters. The molecular formula is C27H42N2. The fraction of sp³-hybridized carbons (Fsp3) is 0.593. The third-order valence-electron chi connectivity index (χ3n) is 5.96. The maximum atomic E-state index is 4.72. The fourth-order valence-corrected chi connectivity index (χ4v) is 4.15. The van der Waals surface area contributed by atoms with Crippen LogP contribution in [0.25, 0.3) is 23.2 Å². The van der Waals surface area contributed by atoms with Crippen molar-refractivity contribution in [1.29, 1.82) is 0 Å². The van der Waals surface area contributed by atoms with E-state index in [0.29, 0.717) is 0 Å². The van der Waals surface area contributed by atoms with Crippen molar-refractivity contribution in [1.82, 2.24) is 9.55 Å². The first-order valence-corrected chi connectivity index (χ1v) is 12.0. The van der Waals surface area contributed by atoms with E-state index >= 15 is 0 Å². The number of aromatic nitrogens is 2. The molecule has 0 amide bonds. The van der Waals surface area contributed by atoms with Gasteiger partial charge < -0.3 is 4.57 Å². The van der Waals surface area contributed by atoms with Gasteiger partial charge in [-0.25, -0.2) is 4.98 Å². The molecule has 0 saturated heterocycles. The summed E-state index contributed by atoms with van der Waals surface area (Å²) in [6, 6.07) is 6.39. The summed E-state index contributed by atoms with van der Waals surface area (Å²) in [6.07, 6.45) is 23.3. The van der Waals surface area contributed by atoms with Crippen molar-refractivity contribution in [3.05, 3.63) is 42.7 Å². The van der Waals surface area contributed by atoms with Gasteiger partial charge in [-0.2, -0.15) is 0 Å². The quantitative estimate of drug-likeness (QED) is 0.245. The highest BCUT2D eigenvalue weighted by atomic mass is 15.1. The van der Waals surface area contributed by atoms with Crippen molar-refractivity contribution in [2.45, 2.75) is 103 Å². The molecule has 0 unspecified atom stereocenters. The highest BCUT2D eigenvalue weighted by Gasteiger charge is 2.08. The van der Waals surface area contributed by atoms with Crippen molar-refractivity contribution in [2.75, 3.05) is 0 Å². The Morgan fingerprint density at radius 3 is 1.83 bits per heavy atom. The molecule has 2 rings (SSSR count). The lowest BCUT2D eigenvalue weighted by Crippen LogP contribution is -2.00. The maximum absolute atomic E-state index is 4.72. The summed E-state index contributed by atoms with van der Waals surface area (Å²) >= 11 is 0. The van der Waals surface area contributed by atoms with E-state index in [2.05, 4.69) is 42.8 Å². The second-order valence-corrected chi connectivity index (χ2v) is 8.37. The molecule has 2 heteroatoms. The topological polar surface area (TPSA) is 17.8 Å². The van der Waals surface area contributed by atoms with Crippen molar-refractivity contribution in [2.24, 2.45) is 0 Å². The number of imidazole rings is 1. The number of aryl methyl sites for hydroxylation is 1. The molecule has 2 aromatic rings. The minimum atomic E-state index is 0.982. The van der Waals surface area contributed by atoms with Crippen LogP contribution in [0.3, 0.4) is 0 Å². The van der Waals surface area contributed by atoms with E-state index in [1.807, 2.05) is 12.2 Å². The zero-order valence-corrected chi connectivity index (χ0v) is 18.8. The SMILES string of the molecule is C=Cc1ccc2c(c1)nc(C=C)n2CCCCCCCCCCCCCCCC. The van der Waals surface area contributed by atoms with Gasteiger partial charge in [-0.1, -0.05) is 116 Å². The van der Waals surface area contributed by atoms with Gasteiger partial charge in [0.25, 0.3) is 0 Å². The van der Waals surface area contributed by atoms with Gasteiger partial charge in [0, 0.05) is 6.54 Å². The standard InChI is InChI=1S/C27H42N2/c1-4-7-8-9-10-11-12-13-14-15-16-17-18-19-22-29-26-21-20-24(5-2)23-25(26)28-27(29)6-3/h5-6,20-21,23H,2-4,7-19,22H2,1H3. The van der Waals surface area contributed by atoms with Crippen molar-refractivity contribution < 1.29 is 0 Å². The van der Waals surface area contributed by atoms with Gasteiger partial charge in [0.1, 0.15) is 5.82 Å². The van der Waals surface area contributed by atoms with Crippen LogP contribution in [0.15, 0.2) is 31.4 Å². The first kappa shape index (κ1) is 23.4. The fourth-order valence-electron chi connectivity index (χ4n) is 4.15. The lowest BCUT2D eigenvalue weighted by atomic mass is 10.0. The highest BCUT2D eigenvalue weighted by molar-refractivity contribution is 5.80. The molecule has 0 fully saturated rings. The van der Waals surface area contributed by atoms with Crippen molar-refractivity contribution >= 4 is 23.2 Å². The molecule has 0 spiro atoms. The Balaban J connectivity index is 1.56. The van der Waals surface area contributed by atoms with Crippen LogP contribution in [0.5, 0.6) is 0 Å². The highest BCUT2D eigenvalue weighted by Crippen LogP contribution is 2.21. The van der Waals surface area contributed by atoms with Gasteiger partial charge in [0.15, 0.2) is 0 Å². The zero-order valence-electron chi connectivity index (χ0n) is 18.8. The summed E-state index contributed by atoms with van der Waals surface area (Å²) in [6.45, 7) is 11.1. The molecule has 1 heterocycles. The summed E-state index contributed by atoms with van der Waals surface area (Å²) in [7, 11) is 0. The third-order valence-corrected chi connectivity index (χ3v) is 5.96. The minimum Gasteiger partial charge on any atom is -0.324 e. The van der Waals surface area contributed by atoms with Gasteiger partial charge in [0.05, 0.1) is 11.0 Å². The Bertz CT molecular complexity index is 725. The molecule has 0 N–H and O–H groups in total. The smallest absolute Gasteiger partial charge is 0.133 e. The molecule has 160 valence electrons. The Morgan fingerprint density at radius 2 is 1.31 bits per heavy atom. The van der Waals surface area contributed by atoms with Gasteiger partial charge in [-0.15, -0.1) is 0 Å². The largest absolute Gasteiger partial charge is 0.324 e. The molecule has 1 aromatic carbocycles. The molecule has 0 aliphatic rings. The summed E-state index contributed by atoms with van der Waals surface area (Å²) in [5.41, 5.74) is 3.37. The number of benzene rings is 1. The van der Waals surface area contributed by atoms with Gasteiger partial charge in [0.2, 0.25) is 0 Å². The first-order valence-electron chi connectivity index (χ1n) is 12.0. The van der Waals surface area contributed by atoms with Gasteiger partial charge >= 0.3 is 0 Å². The average molecular weight is 395 g/mol. The van der Waals surface area contributed by atoms with E-state index in [9.17, 15) is 0 Å². The van der Waals surface area contributed by atoms with Crippen LogP contribution in [-0.4, -0.2) is 9.55 Å². The van der Waals surface area contributed by atoms with Gasteiger partial charge in [-0.3, -0.25) is 0 Å². The van der Waals surface area contributed by atoms with Crippen molar-refractivity contribution in [3.63, 3.8) is 0 Å². The maximum Gasteiger partial charge on any atom is 0.133 e. The number of rotatable bonds is 17. The van der Waals surface area contributed by atoms with Gasteiger partial charge in [-0.05, 0) is 30.2 Å². The van der Waals surface area contributed by atoms with Crippen LogP contribution in [0.2, 0.25) is 0 Å². The van der Waals surface area contributed by atoms with E-state index in [1.165, 1.54) is 95.4 Å². The monoisotopic (exact) mass is 394 g/mol. The Morgan fingerprint density at radius 1 is 0.759 bits per heavy atom. The molecule has 0 aliphatic carbocycles. The third kappa shape index (κ3) is 8.20. The van der Waals surface area contributed by atoms with Crippen LogP contribution in [0, 0.1) is 0 Å². The predicted molar refractivity (Wildman–Crippen MR) is 130 cm³/mol. The molecular weight excluding hydrogens is 352 g/mol. The molecule has 0 radical (unpaired) electrons. The van der Waals surface area contributed by atoms with Crippen molar-refractivity contribution in [3.8, 4) is 0 Å². The molecule has 2 nitrogen and oxygen atoms in total. The Hall–Kier alpha value is -1.83. The molecule has 1 aromatic heterocycles. The van der Waals surface area contributed by atoms with E-state index < -0.39 is 0 Å². The van der Waals surface area contributed by atoms with Crippen LogP contribution in [0.4, 0.5) is 0 Å². The summed E-state index contributed by atoms with van der Waals surface area (Å²) in [4.78, 5) is 4.72. The second kappa shape index (κ2) is 14.2. The van der Waals surface area contributed by atoms with E-state index in [1.54, 1.807) is 0 Å². The number of fused-ring (bicyclic) bond motifs is 1. The van der Waals surface area contributed by atoms with E-state index in [0.717, 1.165) is 23.4 Å².